The Balaban J connectivity index is 2.02. The number of β-amino-alcohol motifs (C(OH)–C–C–N with tert-alkyl or cyclic N) is 1. The summed E-state index contributed by atoms with van der Waals surface area (Å²) >= 11 is 0. The molecule has 0 spiro atoms. The van der Waals surface area contributed by atoms with Crippen LogP contribution in [0.25, 0.3) is 0 Å². The lowest BCUT2D eigenvalue weighted by Crippen LogP contribution is -2.51. The Morgan fingerprint density at radius 3 is 2.59 bits per heavy atom. The molecule has 0 radical (unpaired) electrons. The van der Waals surface area contributed by atoms with E-state index in [1.165, 1.54) is 19.3 Å². The molecule has 0 saturated heterocycles. The Hall–Kier alpha value is -1.59. The number of nitrogens with two attached hydrogens (primary N) is 1. The van der Waals surface area contributed by atoms with E-state index in [0.29, 0.717) is 19.0 Å². The summed E-state index contributed by atoms with van der Waals surface area (Å²) in [4.78, 5) is 6.83. The molecule has 4 N–H and O–H groups in total. The second-order valence-corrected chi connectivity index (χ2v) is 6.12. The number of anilines is 1. The maximum Gasteiger partial charge on any atom is 0.193 e. The highest BCUT2D eigenvalue weighted by Gasteiger charge is 2.35. The molecule has 1 fully saturated rings. The van der Waals surface area contributed by atoms with Gasteiger partial charge in [0.1, 0.15) is 0 Å². The van der Waals surface area contributed by atoms with Crippen molar-refractivity contribution < 1.29 is 5.11 Å². The molecule has 1 aromatic rings. The van der Waals surface area contributed by atoms with Crippen LogP contribution >= 0.6 is 0 Å². The van der Waals surface area contributed by atoms with E-state index < -0.39 is 0 Å². The van der Waals surface area contributed by atoms with Crippen LogP contribution in [-0.4, -0.2) is 48.2 Å². The monoisotopic (exact) mass is 304 g/mol. The zero-order valence-electron chi connectivity index (χ0n) is 13.5. The SMILES string of the molecule is CN(CCO)C1(CN=C(N)Nc2ccccc2)CCCCC1. The number of hydrogen-bond donors (Lipinski definition) is 3. The number of likely N-dealkylation sites (N-methyl/N-ethyl adjacent to an activating group) is 1. The summed E-state index contributed by atoms with van der Waals surface area (Å²) in [7, 11) is 2.08. The first kappa shape index (κ1) is 16.8. The van der Waals surface area contributed by atoms with E-state index in [9.17, 15) is 5.11 Å². The molecule has 0 heterocycles. The summed E-state index contributed by atoms with van der Waals surface area (Å²) in [5.74, 6) is 0.452. The van der Waals surface area contributed by atoms with Gasteiger partial charge >= 0.3 is 0 Å². The standard InChI is InChI=1S/C17H28N4O/c1-21(12-13-22)17(10-6-3-7-11-17)14-19-16(18)20-15-8-4-2-5-9-15/h2,4-5,8-9,22H,3,6-7,10-14H2,1H3,(H3,18,19,20). The molecule has 1 aliphatic rings. The quantitative estimate of drug-likeness (QED) is 0.555. The Bertz CT molecular complexity index is 469. The average Bonchev–Trinajstić information content (AvgIpc) is 2.55. The van der Waals surface area contributed by atoms with Gasteiger partial charge in [-0.25, -0.2) is 0 Å². The predicted octanol–water partition coefficient (Wildman–Crippen LogP) is 2.04. The third-order valence-electron chi connectivity index (χ3n) is 4.62. The smallest absolute Gasteiger partial charge is 0.193 e. The van der Waals surface area contributed by atoms with Gasteiger partial charge in [0.15, 0.2) is 5.96 Å². The van der Waals surface area contributed by atoms with Crippen LogP contribution in [0.2, 0.25) is 0 Å². The maximum absolute atomic E-state index is 9.24. The molecule has 0 amide bonds. The summed E-state index contributed by atoms with van der Waals surface area (Å²) < 4.78 is 0. The third-order valence-corrected chi connectivity index (χ3v) is 4.62. The molecule has 5 nitrogen and oxygen atoms in total. The van der Waals surface area contributed by atoms with Gasteiger partial charge in [0.05, 0.1) is 13.2 Å². The van der Waals surface area contributed by atoms with Crippen LogP contribution in [0.5, 0.6) is 0 Å². The van der Waals surface area contributed by atoms with Gasteiger partial charge in [0.2, 0.25) is 0 Å². The van der Waals surface area contributed by atoms with Crippen LogP contribution in [0.3, 0.4) is 0 Å². The van der Waals surface area contributed by atoms with E-state index in [4.69, 9.17) is 5.73 Å². The van der Waals surface area contributed by atoms with Crippen molar-refractivity contribution in [3.8, 4) is 0 Å². The number of rotatable bonds is 6. The summed E-state index contributed by atoms with van der Waals surface area (Å²) in [6.07, 6.45) is 5.96. The molecule has 0 unspecified atom stereocenters. The van der Waals surface area contributed by atoms with Crippen LogP contribution in [-0.2, 0) is 0 Å². The van der Waals surface area contributed by atoms with Crippen molar-refractivity contribution in [1.82, 2.24) is 4.90 Å². The Kier molecular flexibility index (Phi) is 6.21. The van der Waals surface area contributed by atoms with E-state index in [1.54, 1.807) is 0 Å². The molecule has 0 bridgehead atoms. The first-order valence-corrected chi connectivity index (χ1v) is 8.10. The number of nitrogens with one attached hydrogen (secondary N) is 1. The van der Waals surface area contributed by atoms with Crippen molar-refractivity contribution in [1.29, 1.82) is 0 Å². The second-order valence-electron chi connectivity index (χ2n) is 6.12. The highest BCUT2D eigenvalue weighted by atomic mass is 16.3. The van der Waals surface area contributed by atoms with Crippen LogP contribution in [0.4, 0.5) is 5.69 Å². The zero-order chi connectivity index (χ0) is 15.8. The van der Waals surface area contributed by atoms with Crippen LogP contribution in [0.15, 0.2) is 35.3 Å². The van der Waals surface area contributed by atoms with Gasteiger partial charge in [-0.2, -0.15) is 0 Å². The average molecular weight is 304 g/mol. The fourth-order valence-corrected chi connectivity index (χ4v) is 3.20. The number of aliphatic imine (C=N–C) groups is 1. The van der Waals surface area contributed by atoms with Crippen molar-refractivity contribution in [2.75, 3.05) is 32.1 Å². The number of nitrogens with zero attached hydrogens (tertiary/aromatic N) is 2. The summed E-state index contributed by atoms with van der Waals surface area (Å²) in [6, 6.07) is 9.84. The van der Waals surface area contributed by atoms with Crippen molar-refractivity contribution >= 4 is 11.6 Å². The minimum absolute atomic E-state index is 0.0317. The minimum Gasteiger partial charge on any atom is -0.395 e. The normalized spacial score (nSPS) is 18.4. The third kappa shape index (κ3) is 4.45. The van der Waals surface area contributed by atoms with Crippen molar-refractivity contribution in [2.45, 2.75) is 37.6 Å². The molecule has 5 heteroatoms. The molecule has 122 valence electrons. The topological polar surface area (TPSA) is 73.9 Å². The lowest BCUT2D eigenvalue weighted by molar-refractivity contribution is 0.0660. The first-order chi connectivity index (χ1) is 10.7. The molecular weight excluding hydrogens is 276 g/mol. The first-order valence-electron chi connectivity index (χ1n) is 8.10. The van der Waals surface area contributed by atoms with E-state index in [2.05, 4.69) is 22.3 Å². The van der Waals surface area contributed by atoms with Crippen molar-refractivity contribution in [3.63, 3.8) is 0 Å². The fraction of sp³-hybridized carbons (Fsp3) is 0.588. The molecule has 1 aromatic carbocycles. The molecule has 0 aromatic heterocycles. The van der Waals surface area contributed by atoms with Crippen molar-refractivity contribution in [2.24, 2.45) is 10.7 Å². The molecule has 1 saturated carbocycles. The second kappa shape index (κ2) is 8.15. The Morgan fingerprint density at radius 1 is 1.27 bits per heavy atom. The van der Waals surface area contributed by atoms with Gasteiger partial charge in [-0.05, 0) is 32.0 Å². The van der Waals surface area contributed by atoms with E-state index in [0.717, 1.165) is 18.5 Å². The zero-order valence-corrected chi connectivity index (χ0v) is 13.5. The number of aliphatic hydroxyl groups is 1. The van der Waals surface area contributed by atoms with Crippen molar-refractivity contribution in [3.05, 3.63) is 30.3 Å². The molecule has 2 rings (SSSR count). The minimum atomic E-state index is 0.0317. The highest BCUT2D eigenvalue weighted by molar-refractivity contribution is 5.92. The Morgan fingerprint density at radius 2 is 1.95 bits per heavy atom. The fourth-order valence-electron chi connectivity index (χ4n) is 3.20. The number of para-hydroxylation sites is 1. The van der Waals surface area contributed by atoms with Gasteiger partial charge in [0.25, 0.3) is 0 Å². The number of aliphatic hydroxyl groups excluding tert-OH is 1. The maximum atomic E-state index is 9.24. The van der Waals surface area contributed by atoms with Crippen LogP contribution in [0, 0.1) is 0 Å². The van der Waals surface area contributed by atoms with Gasteiger partial charge in [-0.15, -0.1) is 0 Å². The molecular formula is C17H28N4O. The lowest BCUT2D eigenvalue weighted by atomic mass is 9.80. The molecule has 22 heavy (non-hydrogen) atoms. The van der Waals surface area contributed by atoms with Gasteiger partial charge < -0.3 is 16.2 Å². The van der Waals surface area contributed by atoms with Gasteiger partial charge in [-0.1, -0.05) is 37.5 Å². The summed E-state index contributed by atoms with van der Waals surface area (Å²) in [6.45, 7) is 1.54. The van der Waals surface area contributed by atoms with Gasteiger partial charge in [-0.3, -0.25) is 9.89 Å². The van der Waals surface area contributed by atoms with Crippen LogP contribution < -0.4 is 11.1 Å². The molecule has 1 aliphatic carbocycles. The van der Waals surface area contributed by atoms with E-state index >= 15 is 0 Å². The van der Waals surface area contributed by atoms with Crippen LogP contribution in [0.1, 0.15) is 32.1 Å². The summed E-state index contributed by atoms with van der Waals surface area (Å²) in [5, 5.41) is 12.4. The number of guanidine groups is 1. The predicted molar refractivity (Wildman–Crippen MR) is 92.1 cm³/mol. The van der Waals surface area contributed by atoms with E-state index in [1.807, 2.05) is 30.3 Å². The number of hydrogen-bond acceptors (Lipinski definition) is 3. The highest BCUT2D eigenvalue weighted by Crippen LogP contribution is 2.33. The number of benzene rings is 1. The molecule has 0 aliphatic heterocycles. The Labute approximate surface area is 133 Å². The van der Waals surface area contributed by atoms with E-state index in [-0.39, 0.29) is 12.1 Å². The lowest BCUT2D eigenvalue weighted by Gasteiger charge is -2.43. The largest absolute Gasteiger partial charge is 0.395 e. The summed E-state index contributed by atoms with van der Waals surface area (Å²) in [5.41, 5.74) is 7.01. The van der Waals surface area contributed by atoms with Gasteiger partial charge in [0, 0.05) is 17.8 Å². The molecule has 0 atom stereocenters.